The van der Waals surface area contributed by atoms with Crippen LogP contribution in [0.15, 0.2) is 40.8 Å². The van der Waals surface area contributed by atoms with Crippen molar-refractivity contribution < 1.29 is 9.13 Å². The maximum atomic E-state index is 13.1. The minimum atomic E-state index is -0.295. The molecule has 5 rings (SSSR count). The van der Waals surface area contributed by atoms with Gasteiger partial charge in [-0.25, -0.2) is 14.4 Å². The number of aryl methyl sites for hydroxylation is 2. The number of nitrogens with zero attached hydrogens (tertiary/aromatic N) is 3. The van der Waals surface area contributed by atoms with E-state index in [-0.39, 0.29) is 11.4 Å². The molecule has 0 bridgehead atoms. The largest absolute Gasteiger partial charge is 0.486 e. The minimum absolute atomic E-state index is 0.0199. The highest BCUT2D eigenvalue weighted by Crippen LogP contribution is 2.33. The van der Waals surface area contributed by atoms with Gasteiger partial charge in [0, 0.05) is 10.3 Å². The Morgan fingerprint density at radius 2 is 2.00 bits per heavy atom. The van der Waals surface area contributed by atoms with Gasteiger partial charge in [-0.05, 0) is 55.5 Å². The molecule has 1 aliphatic carbocycles. The second kappa shape index (κ2) is 7.68. The topological polar surface area (TPSA) is 57.0 Å². The quantitative estimate of drug-likeness (QED) is 0.469. The summed E-state index contributed by atoms with van der Waals surface area (Å²) in [5, 5.41) is 3.53. The molecule has 0 atom stereocenters. The van der Waals surface area contributed by atoms with Crippen LogP contribution >= 0.6 is 22.7 Å². The van der Waals surface area contributed by atoms with E-state index in [2.05, 4.69) is 9.97 Å². The van der Waals surface area contributed by atoms with Crippen molar-refractivity contribution in [2.45, 2.75) is 38.8 Å². The van der Waals surface area contributed by atoms with Crippen molar-refractivity contribution in [1.29, 1.82) is 0 Å². The summed E-state index contributed by atoms with van der Waals surface area (Å²) in [6.07, 6.45) is 5.98. The van der Waals surface area contributed by atoms with Crippen LogP contribution in [-0.4, -0.2) is 14.5 Å². The molecule has 0 radical (unpaired) electrons. The van der Waals surface area contributed by atoms with Gasteiger partial charge in [-0.1, -0.05) is 0 Å². The second-order valence-electron chi connectivity index (χ2n) is 7.04. The number of halogens is 1. The summed E-state index contributed by atoms with van der Waals surface area (Å²) in [6.45, 7) is 0.694. The molecule has 5 nitrogen and oxygen atoms in total. The van der Waals surface area contributed by atoms with E-state index < -0.39 is 0 Å². The molecule has 0 amide bonds. The molecular weight excluding hydrogens is 409 g/mol. The maximum Gasteiger partial charge on any atom is 0.262 e. The van der Waals surface area contributed by atoms with Crippen molar-refractivity contribution in [2.24, 2.45) is 0 Å². The highest BCUT2D eigenvalue weighted by Gasteiger charge is 2.20. The number of rotatable bonds is 5. The van der Waals surface area contributed by atoms with Crippen LogP contribution in [0.1, 0.15) is 34.0 Å². The number of hydrogen-bond acceptors (Lipinski definition) is 6. The van der Waals surface area contributed by atoms with Crippen LogP contribution < -0.4 is 10.3 Å². The zero-order valence-corrected chi connectivity index (χ0v) is 17.2. The van der Waals surface area contributed by atoms with E-state index in [9.17, 15) is 9.18 Å². The van der Waals surface area contributed by atoms with Crippen molar-refractivity contribution in [3.63, 3.8) is 0 Å². The number of hydrogen-bond donors (Lipinski definition) is 0. The van der Waals surface area contributed by atoms with Crippen molar-refractivity contribution in [3.05, 3.63) is 73.3 Å². The minimum Gasteiger partial charge on any atom is -0.486 e. The smallest absolute Gasteiger partial charge is 0.262 e. The molecule has 1 aromatic carbocycles. The van der Waals surface area contributed by atoms with E-state index in [1.165, 1.54) is 40.3 Å². The first-order valence-corrected chi connectivity index (χ1v) is 11.2. The van der Waals surface area contributed by atoms with Crippen LogP contribution in [0.4, 0.5) is 4.39 Å². The first-order chi connectivity index (χ1) is 14.2. The van der Waals surface area contributed by atoms with Gasteiger partial charge in [0.25, 0.3) is 5.56 Å². The van der Waals surface area contributed by atoms with Gasteiger partial charge >= 0.3 is 0 Å². The van der Waals surface area contributed by atoms with Crippen molar-refractivity contribution in [1.82, 2.24) is 14.5 Å². The SMILES string of the molecule is O=c1c2c3c(sc2ncn1Cc1csc(COc2ccc(F)cc2)n1)CCCC3. The van der Waals surface area contributed by atoms with Crippen molar-refractivity contribution in [3.8, 4) is 5.75 Å². The van der Waals surface area contributed by atoms with Crippen molar-refractivity contribution in [2.75, 3.05) is 0 Å². The van der Waals surface area contributed by atoms with Gasteiger partial charge in [-0.3, -0.25) is 9.36 Å². The van der Waals surface area contributed by atoms with Crippen LogP contribution in [-0.2, 0) is 26.0 Å². The zero-order valence-electron chi connectivity index (χ0n) is 15.6. The van der Waals surface area contributed by atoms with Crippen molar-refractivity contribution >= 4 is 32.9 Å². The summed E-state index contributed by atoms with van der Waals surface area (Å²) in [5.74, 6) is 0.299. The normalized spacial score (nSPS) is 13.6. The number of thiazole rings is 1. The predicted molar refractivity (Wildman–Crippen MR) is 112 cm³/mol. The third-order valence-corrected chi connectivity index (χ3v) is 7.12. The lowest BCUT2D eigenvalue weighted by Gasteiger charge is -2.10. The molecule has 4 aromatic rings. The molecule has 0 aliphatic heterocycles. The lowest BCUT2D eigenvalue weighted by molar-refractivity contribution is 0.305. The van der Waals surface area contributed by atoms with E-state index in [1.54, 1.807) is 34.4 Å². The first kappa shape index (κ1) is 18.4. The summed E-state index contributed by atoms with van der Waals surface area (Å²) in [5.41, 5.74) is 2.03. The Labute approximate surface area is 174 Å². The fourth-order valence-corrected chi connectivity index (χ4v) is 5.55. The molecule has 0 saturated carbocycles. The Kier molecular flexibility index (Phi) is 4.89. The molecule has 0 N–H and O–H groups in total. The van der Waals surface area contributed by atoms with E-state index in [4.69, 9.17) is 4.74 Å². The lowest BCUT2D eigenvalue weighted by atomic mass is 9.97. The highest BCUT2D eigenvalue weighted by molar-refractivity contribution is 7.18. The molecule has 3 aromatic heterocycles. The molecule has 29 heavy (non-hydrogen) atoms. The number of ether oxygens (including phenoxy) is 1. The van der Waals surface area contributed by atoms with Gasteiger partial charge in [0.05, 0.1) is 24.0 Å². The standard InChI is InChI=1S/C21H18FN3O2S2/c22-13-5-7-15(8-6-13)27-10-18-24-14(11-28-18)9-25-12-23-20-19(21(25)26)16-3-1-2-4-17(16)29-20/h5-8,11-12H,1-4,9-10H2. The van der Waals surface area contributed by atoms with Crippen LogP contribution in [0.5, 0.6) is 5.75 Å². The van der Waals surface area contributed by atoms with E-state index >= 15 is 0 Å². The Bertz CT molecular complexity index is 1230. The predicted octanol–water partition coefficient (Wildman–Crippen LogP) is 4.56. The molecule has 0 unspecified atom stereocenters. The van der Waals surface area contributed by atoms with Gasteiger partial charge in [0.2, 0.25) is 0 Å². The third kappa shape index (κ3) is 3.70. The number of thiophene rings is 1. The molecule has 1 aliphatic rings. The molecule has 148 valence electrons. The molecule has 8 heteroatoms. The molecular formula is C21H18FN3O2S2. The van der Waals surface area contributed by atoms with Gasteiger partial charge in [-0.15, -0.1) is 22.7 Å². The first-order valence-electron chi connectivity index (χ1n) is 9.49. The molecule has 0 spiro atoms. The van der Waals surface area contributed by atoms with Gasteiger partial charge < -0.3 is 4.74 Å². The number of aromatic nitrogens is 3. The van der Waals surface area contributed by atoms with Crippen LogP contribution in [0.2, 0.25) is 0 Å². The second-order valence-corrected chi connectivity index (χ2v) is 9.07. The monoisotopic (exact) mass is 427 g/mol. The Morgan fingerprint density at radius 3 is 2.86 bits per heavy atom. The summed E-state index contributed by atoms with van der Waals surface area (Å²) < 4.78 is 20.3. The Balaban J connectivity index is 1.34. The summed E-state index contributed by atoms with van der Waals surface area (Å²) in [4.78, 5) is 24.3. The van der Waals surface area contributed by atoms with E-state index in [0.29, 0.717) is 18.9 Å². The Morgan fingerprint density at radius 1 is 1.17 bits per heavy atom. The molecule has 0 saturated heterocycles. The maximum absolute atomic E-state index is 13.1. The van der Waals surface area contributed by atoms with E-state index in [1.807, 2.05) is 5.38 Å². The molecule has 0 fully saturated rings. The fourth-order valence-electron chi connectivity index (χ4n) is 3.63. The summed E-state index contributed by atoms with van der Waals surface area (Å²) in [7, 11) is 0. The van der Waals surface area contributed by atoms with Crippen LogP contribution in [0, 0.1) is 5.82 Å². The number of fused-ring (bicyclic) bond motifs is 3. The van der Waals surface area contributed by atoms with Gasteiger partial charge in [0.1, 0.15) is 28.0 Å². The highest BCUT2D eigenvalue weighted by atomic mass is 32.1. The van der Waals surface area contributed by atoms with Crippen LogP contribution in [0.25, 0.3) is 10.2 Å². The van der Waals surface area contributed by atoms with Gasteiger partial charge in [0.15, 0.2) is 0 Å². The van der Waals surface area contributed by atoms with E-state index in [0.717, 1.165) is 40.2 Å². The zero-order chi connectivity index (χ0) is 19.8. The summed E-state index contributed by atoms with van der Waals surface area (Å²) in [6, 6.07) is 5.90. The molecule has 3 heterocycles. The van der Waals surface area contributed by atoms with Crippen LogP contribution in [0.3, 0.4) is 0 Å². The fraction of sp³-hybridized carbons (Fsp3) is 0.286. The van der Waals surface area contributed by atoms with Gasteiger partial charge in [-0.2, -0.15) is 0 Å². The Hall–Kier alpha value is -2.58. The average molecular weight is 428 g/mol. The lowest BCUT2D eigenvalue weighted by Crippen LogP contribution is -2.21. The third-order valence-electron chi connectivity index (χ3n) is 5.05. The summed E-state index contributed by atoms with van der Waals surface area (Å²) >= 11 is 3.14. The number of benzene rings is 1. The average Bonchev–Trinajstić information content (AvgIpc) is 3.34.